The summed E-state index contributed by atoms with van der Waals surface area (Å²) in [6.07, 6.45) is 4.06. The van der Waals surface area contributed by atoms with Crippen LogP contribution >= 0.6 is 24.0 Å². The van der Waals surface area contributed by atoms with Gasteiger partial charge in [-0.15, -0.1) is 24.0 Å². The van der Waals surface area contributed by atoms with Gasteiger partial charge in [-0.2, -0.15) is 0 Å². The molecule has 0 aromatic heterocycles. The van der Waals surface area contributed by atoms with Gasteiger partial charge >= 0.3 is 0 Å². The van der Waals surface area contributed by atoms with Crippen molar-refractivity contribution >= 4 is 35.8 Å². The number of carbonyl (C=O) groups excluding carboxylic acids is 1. The van der Waals surface area contributed by atoms with Crippen LogP contribution in [0.2, 0.25) is 0 Å². The molecule has 28 heavy (non-hydrogen) atoms. The van der Waals surface area contributed by atoms with E-state index < -0.39 is 0 Å². The Hall–Kier alpha value is -0.650. The number of carbonyl (C=O) groups is 1. The van der Waals surface area contributed by atoms with Gasteiger partial charge in [-0.05, 0) is 32.6 Å². The summed E-state index contributed by atoms with van der Waals surface area (Å²) in [5.74, 6) is 0.805. The van der Waals surface area contributed by atoms with Crippen LogP contribution in [0.1, 0.15) is 32.6 Å². The monoisotopic (exact) mass is 514 g/mol. The molecule has 0 atom stereocenters. The van der Waals surface area contributed by atoms with Gasteiger partial charge < -0.3 is 29.3 Å². The van der Waals surface area contributed by atoms with Crippen LogP contribution in [0.3, 0.4) is 0 Å². The second-order valence-electron chi connectivity index (χ2n) is 6.81. The zero-order valence-corrected chi connectivity index (χ0v) is 20.3. The largest absolute Gasteiger partial charge is 0.385 e. The predicted octanol–water partition coefficient (Wildman–Crippen LogP) is 1.58. The molecular formula is C19H39IN4O4. The number of amides is 1. The van der Waals surface area contributed by atoms with Crippen LogP contribution in [-0.4, -0.2) is 102 Å². The number of piperidine rings is 1. The number of likely N-dealkylation sites (N-methyl/N-ethyl adjacent to an activating group) is 1. The van der Waals surface area contributed by atoms with Gasteiger partial charge in [-0.3, -0.25) is 4.79 Å². The highest BCUT2D eigenvalue weighted by Crippen LogP contribution is 2.14. The molecule has 1 fully saturated rings. The molecule has 0 aromatic rings. The van der Waals surface area contributed by atoms with Crippen LogP contribution in [0.4, 0.5) is 0 Å². The first kappa shape index (κ1) is 27.4. The molecule has 1 rings (SSSR count). The number of aliphatic imine (C=N–C) groups is 1. The van der Waals surface area contributed by atoms with E-state index in [-0.39, 0.29) is 36.4 Å². The Morgan fingerprint density at radius 2 is 1.89 bits per heavy atom. The van der Waals surface area contributed by atoms with Gasteiger partial charge in [-0.25, -0.2) is 4.99 Å². The smallest absolute Gasteiger partial charge is 0.243 e. The number of halogens is 1. The molecule has 1 heterocycles. The zero-order valence-electron chi connectivity index (χ0n) is 17.9. The number of likely N-dealkylation sites (tertiary alicyclic amines) is 1. The maximum absolute atomic E-state index is 11.9. The van der Waals surface area contributed by atoms with E-state index in [4.69, 9.17) is 14.2 Å². The number of guanidine groups is 1. The Labute approximate surface area is 187 Å². The lowest BCUT2D eigenvalue weighted by atomic mass is 10.1. The van der Waals surface area contributed by atoms with Crippen LogP contribution in [0, 0.1) is 0 Å². The van der Waals surface area contributed by atoms with E-state index in [0.717, 1.165) is 77.7 Å². The minimum atomic E-state index is -0.0000197. The summed E-state index contributed by atoms with van der Waals surface area (Å²) >= 11 is 0. The van der Waals surface area contributed by atoms with Crippen molar-refractivity contribution in [2.45, 2.75) is 38.7 Å². The fourth-order valence-corrected chi connectivity index (χ4v) is 2.76. The highest BCUT2D eigenvalue weighted by atomic mass is 127. The molecular weight excluding hydrogens is 475 g/mol. The third kappa shape index (κ3) is 12.0. The topological polar surface area (TPSA) is 75.6 Å². The lowest BCUT2D eigenvalue weighted by Gasteiger charge is -2.34. The second kappa shape index (κ2) is 17.2. The van der Waals surface area contributed by atoms with Gasteiger partial charge in [0, 0.05) is 67.3 Å². The van der Waals surface area contributed by atoms with Crippen LogP contribution in [0.15, 0.2) is 4.99 Å². The molecule has 0 aromatic carbocycles. The summed E-state index contributed by atoms with van der Waals surface area (Å²) in [5.41, 5.74) is 0. The van der Waals surface area contributed by atoms with Crippen molar-refractivity contribution in [2.24, 2.45) is 4.99 Å². The van der Waals surface area contributed by atoms with E-state index in [1.54, 1.807) is 26.1 Å². The molecule has 1 saturated heterocycles. The number of hydrogen-bond donors (Lipinski definition) is 1. The van der Waals surface area contributed by atoms with Crippen molar-refractivity contribution in [3.63, 3.8) is 0 Å². The third-order valence-electron chi connectivity index (χ3n) is 4.40. The minimum absolute atomic E-state index is 0. The number of rotatable bonds is 12. The summed E-state index contributed by atoms with van der Waals surface area (Å²) in [4.78, 5) is 20.2. The molecule has 1 amide bonds. The van der Waals surface area contributed by atoms with Crippen LogP contribution in [-0.2, 0) is 19.0 Å². The van der Waals surface area contributed by atoms with Crippen molar-refractivity contribution in [3.05, 3.63) is 0 Å². The third-order valence-corrected chi connectivity index (χ3v) is 4.40. The molecule has 9 heteroatoms. The van der Waals surface area contributed by atoms with Crippen molar-refractivity contribution in [3.8, 4) is 0 Å². The summed E-state index contributed by atoms with van der Waals surface area (Å²) in [6.45, 7) is 7.63. The average Bonchev–Trinajstić information content (AvgIpc) is 2.67. The molecule has 0 bridgehead atoms. The van der Waals surface area contributed by atoms with Crippen LogP contribution in [0.25, 0.3) is 0 Å². The second-order valence-corrected chi connectivity index (χ2v) is 6.81. The molecule has 8 nitrogen and oxygen atoms in total. The van der Waals surface area contributed by atoms with Crippen LogP contribution in [0.5, 0.6) is 0 Å². The maximum atomic E-state index is 11.9. The highest BCUT2D eigenvalue weighted by Gasteiger charge is 2.22. The number of ether oxygens (including phenoxy) is 3. The van der Waals surface area contributed by atoms with Gasteiger partial charge in [0.05, 0.1) is 6.10 Å². The first-order valence-corrected chi connectivity index (χ1v) is 10.00. The number of methoxy groups -OCH3 is 1. The zero-order chi connectivity index (χ0) is 19.9. The molecule has 0 saturated carbocycles. The Morgan fingerprint density at radius 3 is 2.50 bits per heavy atom. The van der Waals surface area contributed by atoms with Crippen molar-refractivity contribution < 1.29 is 19.0 Å². The Balaban J connectivity index is 0.00000729. The fourth-order valence-electron chi connectivity index (χ4n) is 2.76. The number of nitrogens with one attached hydrogen (secondary N) is 1. The van der Waals surface area contributed by atoms with E-state index in [0.29, 0.717) is 6.10 Å². The van der Waals surface area contributed by atoms with Gasteiger partial charge in [0.2, 0.25) is 5.91 Å². The van der Waals surface area contributed by atoms with Crippen LogP contribution < -0.4 is 5.32 Å². The summed E-state index contributed by atoms with van der Waals surface area (Å²) in [7, 11) is 5.21. The van der Waals surface area contributed by atoms with E-state index in [9.17, 15) is 4.79 Å². The fraction of sp³-hybridized carbons (Fsp3) is 0.895. The summed E-state index contributed by atoms with van der Waals surface area (Å²) in [5, 5.41) is 3.39. The average molecular weight is 514 g/mol. The molecule has 1 aliphatic heterocycles. The maximum Gasteiger partial charge on any atom is 0.243 e. The van der Waals surface area contributed by atoms with Gasteiger partial charge in [0.25, 0.3) is 0 Å². The van der Waals surface area contributed by atoms with Crippen molar-refractivity contribution in [1.29, 1.82) is 0 Å². The molecule has 0 spiro atoms. The Morgan fingerprint density at radius 1 is 1.18 bits per heavy atom. The van der Waals surface area contributed by atoms with Crippen molar-refractivity contribution in [1.82, 2.24) is 15.1 Å². The van der Waals surface area contributed by atoms with E-state index in [2.05, 4.69) is 15.2 Å². The number of hydrogen-bond acceptors (Lipinski definition) is 5. The van der Waals surface area contributed by atoms with Gasteiger partial charge in [0.1, 0.15) is 6.54 Å². The predicted molar refractivity (Wildman–Crippen MR) is 123 cm³/mol. The SMILES string of the molecule is CCOCCCNC(=NCC(=O)N(C)C)N1CCC(OCCCOC)CC1.I. The van der Waals surface area contributed by atoms with E-state index >= 15 is 0 Å². The Bertz CT molecular complexity index is 430. The van der Waals surface area contributed by atoms with Gasteiger partial charge in [0.15, 0.2) is 5.96 Å². The van der Waals surface area contributed by atoms with E-state index in [1.165, 1.54) is 0 Å². The Kier molecular flexibility index (Phi) is 16.8. The van der Waals surface area contributed by atoms with Gasteiger partial charge in [-0.1, -0.05) is 0 Å². The first-order chi connectivity index (χ1) is 13.1. The normalized spacial score (nSPS) is 15.3. The lowest BCUT2D eigenvalue weighted by Crippen LogP contribution is -2.47. The van der Waals surface area contributed by atoms with E-state index in [1.807, 2.05) is 6.92 Å². The molecule has 0 unspecified atom stereocenters. The molecule has 166 valence electrons. The standard InChI is InChI=1S/C19H38N4O4.HI/c1-5-26-14-6-10-20-19(21-16-18(24)22(2)3)23-11-8-17(9-12-23)27-15-7-13-25-4;/h17H,5-16H2,1-4H3,(H,20,21);1H. The quantitative estimate of drug-likeness (QED) is 0.185. The summed E-state index contributed by atoms with van der Waals surface area (Å²) < 4.78 is 16.4. The number of nitrogens with zero attached hydrogens (tertiary/aromatic N) is 3. The first-order valence-electron chi connectivity index (χ1n) is 10.00. The molecule has 1 N–H and O–H groups in total. The highest BCUT2D eigenvalue weighted by molar-refractivity contribution is 14.0. The molecule has 0 aliphatic carbocycles. The van der Waals surface area contributed by atoms with Crippen molar-refractivity contribution in [2.75, 3.05) is 73.8 Å². The summed E-state index contributed by atoms with van der Waals surface area (Å²) in [6, 6.07) is 0. The molecule has 0 radical (unpaired) electrons. The molecule has 1 aliphatic rings. The minimum Gasteiger partial charge on any atom is -0.385 e. The lowest BCUT2D eigenvalue weighted by molar-refractivity contribution is -0.127.